The van der Waals surface area contributed by atoms with Gasteiger partial charge in [-0.1, -0.05) is 41.4 Å². The van der Waals surface area contributed by atoms with E-state index in [-0.39, 0.29) is 23.5 Å². The number of ether oxygens (including phenoxy) is 1. The normalized spacial score (nSPS) is 10.6. The summed E-state index contributed by atoms with van der Waals surface area (Å²) in [7, 11) is 1.33. The number of halogens is 2. The lowest BCUT2D eigenvalue weighted by Gasteiger charge is -2.07. The Morgan fingerprint density at radius 1 is 1.28 bits per heavy atom. The van der Waals surface area contributed by atoms with E-state index < -0.39 is 0 Å². The molecule has 2 aromatic rings. The van der Waals surface area contributed by atoms with E-state index in [0.29, 0.717) is 35.8 Å². The van der Waals surface area contributed by atoms with Crippen LogP contribution in [0.5, 0.6) is 0 Å². The summed E-state index contributed by atoms with van der Waals surface area (Å²) in [5, 5.41) is 7.93. The first-order valence-corrected chi connectivity index (χ1v) is 8.51. The van der Waals surface area contributed by atoms with E-state index in [4.69, 9.17) is 23.2 Å². The van der Waals surface area contributed by atoms with Gasteiger partial charge >= 0.3 is 5.97 Å². The molecule has 1 N–H and O–H groups in total. The van der Waals surface area contributed by atoms with Gasteiger partial charge in [-0.25, -0.2) is 4.68 Å². The second kappa shape index (κ2) is 8.87. The first-order valence-electron chi connectivity index (χ1n) is 7.75. The molecule has 1 aromatic carbocycles. The number of nitrogens with zero attached hydrogens (tertiary/aromatic N) is 2. The fourth-order valence-corrected chi connectivity index (χ4v) is 2.84. The van der Waals surface area contributed by atoms with Crippen LogP contribution in [0.3, 0.4) is 0 Å². The van der Waals surface area contributed by atoms with Crippen LogP contribution >= 0.6 is 23.2 Å². The number of aryl methyl sites for hydroxylation is 1. The van der Waals surface area contributed by atoms with E-state index in [0.717, 1.165) is 5.56 Å². The zero-order valence-electron chi connectivity index (χ0n) is 14.0. The molecule has 8 heteroatoms. The van der Waals surface area contributed by atoms with Crippen LogP contribution in [0.25, 0.3) is 0 Å². The van der Waals surface area contributed by atoms with E-state index in [9.17, 15) is 9.59 Å². The van der Waals surface area contributed by atoms with Gasteiger partial charge in [0.25, 0.3) is 5.91 Å². The number of amides is 1. The zero-order valence-corrected chi connectivity index (χ0v) is 15.5. The van der Waals surface area contributed by atoms with Crippen LogP contribution in [-0.2, 0) is 16.1 Å². The van der Waals surface area contributed by atoms with E-state index in [1.807, 2.05) is 18.2 Å². The van der Waals surface area contributed by atoms with Crippen molar-refractivity contribution in [2.75, 3.05) is 13.7 Å². The van der Waals surface area contributed by atoms with Crippen molar-refractivity contribution in [3.63, 3.8) is 0 Å². The highest BCUT2D eigenvalue weighted by atomic mass is 35.5. The third-order valence-corrected chi connectivity index (χ3v) is 4.39. The highest BCUT2D eigenvalue weighted by molar-refractivity contribution is 6.33. The van der Waals surface area contributed by atoms with Crippen LogP contribution in [0.2, 0.25) is 10.2 Å². The Labute approximate surface area is 156 Å². The Morgan fingerprint density at radius 3 is 2.68 bits per heavy atom. The quantitative estimate of drug-likeness (QED) is 0.588. The highest BCUT2D eigenvalue weighted by Crippen LogP contribution is 2.23. The second-order valence-corrected chi connectivity index (χ2v) is 6.20. The first-order chi connectivity index (χ1) is 11.9. The number of aromatic nitrogens is 2. The van der Waals surface area contributed by atoms with Crippen molar-refractivity contribution < 1.29 is 14.3 Å². The fourth-order valence-electron chi connectivity index (χ4n) is 2.33. The van der Waals surface area contributed by atoms with Crippen LogP contribution in [0.1, 0.15) is 34.5 Å². The molecule has 0 atom stereocenters. The van der Waals surface area contributed by atoms with Gasteiger partial charge in [0, 0.05) is 18.0 Å². The third-order valence-electron chi connectivity index (χ3n) is 3.64. The molecule has 0 aliphatic rings. The standard InChI is InChI=1S/C17H19Cl2N3O3/c1-11-15(17(24)20-9-5-8-14(23)25-2)16(19)22(21-11)10-12-6-3-4-7-13(12)18/h3-4,6-7H,5,8-10H2,1-2H3,(H,20,24). The van der Waals surface area contributed by atoms with E-state index in [1.165, 1.54) is 7.11 Å². The van der Waals surface area contributed by atoms with Gasteiger partial charge in [0.2, 0.25) is 0 Å². The monoisotopic (exact) mass is 383 g/mol. The summed E-state index contributed by atoms with van der Waals surface area (Å²) in [6.45, 7) is 2.44. The van der Waals surface area contributed by atoms with Crippen molar-refractivity contribution >= 4 is 35.1 Å². The maximum atomic E-state index is 12.3. The molecule has 6 nitrogen and oxygen atoms in total. The maximum Gasteiger partial charge on any atom is 0.305 e. The fraction of sp³-hybridized carbons (Fsp3) is 0.353. The SMILES string of the molecule is COC(=O)CCCNC(=O)c1c(C)nn(Cc2ccccc2Cl)c1Cl. The molecular formula is C17H19Cl2N3O3. The summed E-state index contributed by atoms with van der Waals surface area (Å²) < 4.78 is 6.10. The average Bonchev–Trinajstić information content (AvgIpc) is 2.87. The largest absolute Gasteiger partial charge is 0.469 e. The molecule has 0 aliphatic carbocycles. The third kappa shape index (κ3) is 4.96. The van der Waals surface area contributed by atoms with Crippen molar-refractivity contribution in [1.29, 1.82) is 0 Å². The first kappa shape index (κ1) is 19.3. The van der Waals surface area contributed by atoms with E-state index in [2.05, 4.69) is 15.2 Å². The second-order valence-electron chi connectivity index (χ2n) is 5.44. The number of carbonyl (C=O) groups is 2. The number of methoxy groups -OCH3 is 1. The van der Waals surface area contributed by atoms with Crippen LogP contribution in [0, 0.1) is 6.92 Å². The summed E-state index contributed by atoms with van der Waals surface area (Å²) in [6.07, 6.45) is 0.734. The molecular weight excluding hydrogens is 365 g/mol. The van der Waals surface area contributed by atoms with Gasteiger partial charge in [-0.15, -0.1) is 0 Å². The lowest BCUT2D eigenvalue weighted by Crippen LogP contribution is -2.25. The predicted octanol–water partition coefficient (Wildman–Crippen LogP) is 3.23. The van der Waals surface area contributed by atoms with E-state index >= 15 is 0 Å². The number of carbonyl (C=O) groups excluding carboxylic acids is 2. The Balaban J connectivity index is 2.04. The number of hydrogen-bond donors (Lipinski definition) is 1. The Bertz CT molecular complexity index is 774. The van der Waals surface area contributed by atoms with Crippen molar-refractivity contribution in [3.05, 3.63) is 51.3 Å². The molecule has 0 unspecified atom stereocenters. The Morgan fingerprint density at radius 2 is 2.00 bits per heavy atom. The maximum absolute atomic E-state index is 12.3. The molecule has 0 bridgehead atoms. The minimum atomic E-state index is -0.322. The molecule has 0 saturated heterocycles. The smallest absolute Gasteiger partial charge is 0.305 e. The van der Waals surface area contributed by atoms with Crippen molar-refractivity contribution in [3.8, 4) is 0 Å². The summed E-state index contributed by atoms with van der Waals surface area (Å²) in [4.78, 5) is 23.4. The number of esters is 1. The van der Waals surface area contributed by atoms with Crippen LogP contribution in [0.4, 0.5) is 0 Å². The molecule has 0 spiro atoms. The summed E-state index contributed by atoms with van der Waals surface area (Å²) in [5.74, 6) is -0.631. The number of nitrogens with one attached hydrogen (secondary N) is 1. The summed E-state index contributed by atoms with van der Waals surface area (Å²) >= 11 is 12.5. The molecule has 1 amide bonds. The van der Waals surface area contributed by atoms with Gasteiger partial charge in [0.05, 0.1) is 24.9 Å². The molecule has 0 aliphatic heterocycles. The molecule has 0 saturated carbocycles. The molecule has 134 valence electrons. The molecule has 1 aromatic heterocycles. The van der Waals surface area contributed by atoms with Crippen LogP contribution < -0.4 is 5.32 Å². The summed E-state index contributed by atoms with van der Waals surface area (Å²) in [6, 6.07) is 7.38. The van der Waals surface area contributed by atoms with Crippen molar-refractivity contribution in [2.24, 2.45) is 0 Å². The van der Waals surface area contributed by atoms with Gasteiger partial charge < -0.3 is 10.1 Å². The van der Waals surface area contributed by atoms with Gasteiger partial charge in [-0.05, 0) is 25.0 Å². The number of rotatable bonds is 7. The average molecular weight is 384 g/mol. The highest BCUT2D eigenvalue weighted by Gasteiger charge is 2.20. The van der Waals surface area contributed by atoms with Crippen molar-refractivity contribution in [1.82, 2.24) is 15.1 Å². The molecule has 0 radical (unpaired) electrons. The van der Waals surface area contributed by atoms with Gasteiger partial charge in [-0.3, -0.25) is 9.59 Å². The van der Waals surface area contributed by atoms with Gasteiger partial charge in [-0.2, -0.15) is 5.10 Å². The minimum absolute atomic E-state index is 0.245. The van der Waals surface area contributed by atoms with Gasteiger partial charge in [0.15, 0.2) is 0 Å². The minimum Gasteiger partial charge on any atom is -0.469 e. The summed E-state index contributed by atoms with van der Waals surface area (Å²) in [5.41, 5.74) is 1.72. The van der Waals surface area contributed by atoms with Gasteiger partial charge in [0.1, 0.15) is 5.15 Å². The topological polar surface area (TPSA) is 73.2 Å². The van der Waals surface area contributed by atoms with Crippen LogP contribution in [0.15, 0.2) is 24.3 Å². The predicted molar refractivity (Wildman–Crippen MR) is 96.1 cm³/mol. The number of hydrogen-bond acceptors (Lipinski definition) is 4. The van der Waals surface area contributed by atoms with Crippen molar-refractivity contribution in [2.45, 2.75) is 26.3 Å². The zero-order chi connectivity index (χ0) is 18.4. The molecule has 2 rings (SSSR count). The Hall–Kier alpha value is -2.05. The molecule has 1 heterocycles. The molecule has 25 heavy (non-hydrogen) atoms. The van der Waals surface area contributed by atoms with Crippen LogP contribution in [-0.4, -0.2) is 35.3 Å². The lowest BCUT2D eigenvalue weighted by atomic mass is 10.2. The lowest BCUT2D eigenvalue weighted by molar-refractivity contribution is -0.140. The molecule has 0 fully saturated rings. The number of benzene rings is 1. The Kier molecular flexibility index (Phi) is 6.84. The van der Waals surface area contributed by atoms with E-state index in [1.54, 1.807) is 17.7 Å².